The molecule has 1 amide bonds. The van der Waals surface area contributed by atoms with Gasteiger partial charge in [0.25, 0.3) is 0 Å². The van der Waals surface area contributed by atoms with Crippen LogP contribution in [0.25, 0.3) is 0 Å². The molecule has 9 heteroatoms. The Hall–Kier alpha value is -1.90. The van der Waals surface area contributed by atoms with Crippen LogP contribution in [0.3, 0.4) is 0 Å². The average molecular weight is 390 g/mol. The van der Waals surface area contributed by atoms with E-state index in [1.165, 1.54) is 17.8 Å². The molecule has 0 atom stereocenters. The first-order valence-corrected chi connectivity index (χ1v) is 9.40. The largest absolute Gasteiger partial charge is 0.465 e. The number of carbonyl (C=O) groups is 2. The van der Waals surface area contributed by atoms with Crippen LogP contribution < -0.4 is 4.90 Å². The van der Waals surface area contributed by atoms with Crippen LogP contribution in [0.2, 0.25) is 0 Å². The van der Waals surface area contributed by atoms with Gasteiger partial charge in [-0.2, -0.15) is 13.2 Å². The van der Waals surface area contributed by atoms with Crippen LogP contribution in [0, 0.1) is 0 Å². The van der Waals surface area contributed by atoms with E-state index in [1.54, 1.807) is 17.9 Å². The molecular formula is C17H21F3N2O3S. The molecule has 144 valence electrons. The van der Waals surface area contributed by atoms with Crippen molar-refractivity contribution in [3.8, 4) is 0 Å². The number of nitrogens with zero attached hydrogens (tertiary/aromatic N) is 2. The number of hydrogen-bond acceptors (Lipinski definition) is 5. The number of alkyl halides is 3. The monoisotopic (exact) mass is 390 g/mol. The molecule has 0 unspecified atom stereocenters. The van der Waals surface area contributed by atoms with E-state index in [0.29, 0.717) is 38.5 Å². The number of amides is 1. The molecule has 0 aliphatic carbocycles. The number of hydrogen-bond donors (Lipinski definition) is 0. The first-order valence-electron chi connectivity index (χ1n) is 8.24. The van der Waals surface area contributed by atoms with Gasteiger partial charge in [0.15, 0.2) is 0 Å². The minimum Gasteiger partial charge on any atom is -0.465 e. The maximum Gasteiger partial charge on any atom is 0.416 e. The third-order valence-corrected chi connectivity index (χ3v) is 4.81. The van der Waals surface area contributed by atoms with E-state index in [1.807, 2.05) is 4.90 Å². The highest BCUT2D eigenvalue weighted by Gasteiger charge is 2.31. The molecule has 0 aromatic heterocycles. The third kappa shape index (κ3) is 5.82. The Kier molecular flexibility index (Phi) is 7.19. The van der Waals surface area contributed by atoms with Gasteiger partial charge >= 0.3 is 12.1 Å². The lowest BCUT2D eigenvalue weighted by atomic mass is 10.1. The van der Waals surface area contributed by atoms with E-state index in [9.17, 15) is 22.8 Å². The molecule has 0 radical (unpaired) electrons. The highest BCUT2D eigenvalue weighted by Crippen LogP contribution is 2.31. The number of rotatable bonds is 6. The van der Waals surface area contributed by atoms with E-state index >= 15 is 0 Å². The molecule has 1 fully saturated rings. The SMILES string of the molecule is CCOC(=O)CSCC(=O)N1CCN(c2cccc(C(F)(F)F)c2)CC1. The number of thioether (sulfide) groups is 1. The van der Waals surface area contributed by atoms with E-state index in [2.05, 4.69) is 0 Å². The smallest absolute Gasteiger partial charge is 0.416 e. The summed E-state index contributed by atoms with van der Waals surface area (Å²) in [6.07, 6.45) is -4.37. The van der Waals surface area contributed by atoms with Gasteiger partial charge in [0.1, 0.15) is 0 Å². The first kappa shape index (κ1) is 20.4. The van der Waals surface area contributed by atoms with E-state index in [-0.39, 0.29) is 23.4 Å². The lowest BCUT2D eigenvalue weighted by Crippen LogP contribution is -2.49. The van der Waals surface area contributed by atoms with Gasteiger partial charge in [-0.25, -0.2) is 0 Å². The summed E-state index contributed by atoms with van der Waals surface area (Å²) in [6, 6.07) is 5.21. The molecular weight excluding hydrogens is 369 g/mol. The minimum atomic E-state index is -4.37. The first-order chi connectivity index (χ1) is 12.3. The second-order valence-corrected chi connectivity index (χ2v) is 6.70. The van der Waals surface area contributed by atoms with Crippen molar-refractivity contribution in [3.05, 3.63) is 29.8 Å². The zero-order valence-electron chi connectivity index (χ0n) is 14.4. The molecule has 1 aliphatic rings. The summed E-state index contributed by atoms with van der Waals surface area (Å²) < 4.78 is 43.3. The van der Waals surface area contributed by atoms with Crippen molar-refractivity contribution >= 4 is 29.3 Å². The van der Waals surface area contributed by atoms with Gasteiger partial charge in [-0.05, 0) is 25.1 Å². The Morgan fingerprint density at radius 2 is 1.85 bits per heavy atom. The van der Waals surface area contributed by atoms with Crippen LogP contribution in [0.1, 0.15) is 12.5 Å². The summed E-state index contributed by atoms with van der Waals surface area (Å²) in [4.78, 5) is 26.9. The Morgan fingerprint density at radius 1 is 1.15 bits per heavy atom. The lowest BCUT2D eigenvalue weighted by molar-refractivity contribution is -0.140. The summed E-state index contributed by atoms with van der Waals surface area (Å²) >= 11 is 1.20. The van der Waals surface area contributed by atoms with Crippen molar-refractivity contribution in [2.75, 3.05) is 49.2 Å². The highest BCUT2D eigenvalue weighted by molar-refractivity contribution is 8.00. The van der Waals surface area contributed by atoms with E-state index < -0.39 is 11.7 Å². The summed E-state index contributed by atoms with van der Waals surface area (Å²) in [7, 11) is 0. The summed E-state index contributed by atoms with van der Waals surface area (Å²) in [5, 5.41) is 0. The zero-order chi connectivity index (χ0) is 19.2. The Balaban J connectivity index is 1.82. The van der Waals surface area contributed by atoms with Crippen molar-refractivity contribution in [1.29, 1.82) is 0 Å². The molecule has 0 N–H and O–H groups in total. The maximum atomic E-state index is 12.8. The third-order valence-electron chi connectivity index (χ3n) is 3.92. The topological polar surface area (TPSA) is 49.9 Å². The normalized spacial score (nSPS) is 15.1. The minimum absolute atomic E-state index is 0.0806. The van der Waals surface area contributed by atoms with Crippen LogP contribution in [0.15, 0.2) is 24.3 Å². The Labute approximate surface area is 154 Å². The van der Waals surface area contributed by atoms with Gasteiger partial charge in [0.05, 0.1) is 23.7 Å². The van der Waals surface area contributed by atoms with Gasteiger partial charge in [-0.3, -0.25) is 9.59 Å². The Morgan fingerprint density at radius 3 is 2.46 bits per heavy atom. The van der Waals surface area contributed by atoms with Crippen molar-refractivity contribution in [2.24, 2.45) is 0 Å². The average Bonchev–Trinajstić information content (AvgIpc) is 2.61. The van der Waals surface area contributed by atoms with E-state index in [0.717, 1.165) is 12.1 Å². The summed E-state index contributed by atoms with van der Waals surface area (Å²) in [5.41, 5.74) is -0.174. The molecule has 0 saturated carbocycles. The fourth-order valence-electron chi connectivity index (χ4n) is 2.61. The standard InChI is InChI=1S/C17H21F3N2O3S/c1-2-25-16(24)12-26-11-15(23)22-8-6-21(7-9-22)14-5-3-4-13(10-14)17(18,19)20/h3-5,10H,2,6-9,11-12H2,1H3. The predicted octanol–water partition coefficient (Wildman–Crippen LogP) is 2.65. The van der Waals surface area contributed by atoms with Gasteiger partial charge < -0.3 is 14.5 Å². The lowest BCUT2D eigenvalue weighted by Gasteiger charge is -2.36. The van der Waals surface area contributed by atoms with Crippen molar-refractivity contribution in [1.82, 2.24) is 4.90 Å². The number of benzene rings is 1. The molecule has 2 rings (SSSR count). The number of esters is 1. The van der Waals surface area contributed by atoms with Crippen LogP contribution in [-0.2, 0) is 20.5 Å². The highest BCUT2D eigenvalue weighted by atomic mass is 32.2. The van der Waals surface area contributed by atoms with Gasteiger partial charge in [-0.1, -0.05) is 6.07 Å². The molecule has 26 heavy (non-hydrogen) atoms. The molecule has 1 saturated heterocycles. The molecule has 0 spiro atoms. The number of halogens is 3. The van der Waals surface area contributed by atoms with Gasteiger partial charge in [0.2, 0.25) is 5.91 Å². The molecule has 0 bridgehead atoms. The second kappa shape index (κ2) is 9.16. The number of ether oxygens (including phenoxy) is 1. The van der Waals surface area contributed by atoms with Crippen LogP contribution in [0.5, 0.6) is 0 Å². The van der Waals surface area contributed by atoms with Crippen LogP contribution in [0.4, 0.5) is 18.9 Å². The maximum absolute atomic E-state index is 12.8. The number of anilines is 1. The molecule has 5 nitrogen and oxygen atoms in total. The second-order valence-electron chi connectivity index (χ2n) is 5.71. The van der Waals surface area contributed by atoms with Crippen molar-refractivity contribution < 1.29 is 27.5 Å². The molecule has 1 aliphatic heterocycles. The molecule has 1 heterocycles. The van der Waals surface area contributed by atoms with Gasteiger partial charge in [0, 0.05) is 31.9 Å². The van der Waals surface area contributed by atoms with E-state index in [4.69, 9.17) is 4.74 Å². The number of piperazine rings is 1. The molecule has 1 aromatic carbocycles. The summed E-state index contributed by atoms with van der Waals surface area (Å²) in [6.45, 7) is 3.84. The Bertz CT molecular complexity index is 632. The number of carbonyl (C=O) groups excluding carboxylic acids is 2. The fourth-order valence-corrected chi connectivity index (χ4v) is 3.32. The quantitative estimate of drug-likeness (QED) is 0.699. The zero-order valence-corrected chi connectivity index (χ0v) is 15.2. The summed E-state index contributed by atoms with van der Waals surface area (Å²) in [5.74, 6) is -0.116. The van der Waals surface area contributed by atoms with Crippen LogP contribution >= 0.6 is 11.8 Å². The fraction of sp³-hybridized carbons (Fsp3) is 0.529. The van der Waals surface area contributed by atoms with Crippen LogP contribution in [-0.4, -0.2) is 61.1 Å². The van der Waals surface area contributed by atoms with Crippen molar-refractivity contribution in [3.63, 3.8) is 0 Å². The van der Waals surface area contributed by atoms with Crippen molar-refractivity contribution in [2.45, 2.75) is 13.1 Å². The molecule has 1 aromatic rings. The predicted molar refractivity (Wildman–Crippen MR) is 94.2 cm³/mol. The van der Waals surface area contributed by atoms with Gasteiger partial charge in [-0.15, -0.1) is 11.8 Å².